The average molecular weight is 224 g/mol. The van der Waals surface area contributed by atoms with Gasteiger partial charge in [0.1, 0.15) is 0 Å². The van der Waals surface area contributed by atoms with E-state index in [-0.39, 0.29) is 11.8 Å². The van der Waals surface area contributed by atoms with Crippen LogP contribution in [0.1, 0.15) is 0 Å². The maximum absolute atomic E-state index is 12.0. The smallest absolute Gasteiger partial charge is 0.198 e. The van der Waals surface area contributed by atoms with Crippen LogP contribution in [0.4, 0.5) is 35.1 Å². The quantitative estimate of drug-likeness (QED) is 0.473. The first kappa shape index (κ1) is 12.7. The molecule has 0 aliphatic rings. The topological polar surface area (TPSA) is 0 Å². The lowest BCUT2D eigenvalue weighted by atomic mass is 10.3. The Balaban J connectivity index is 4.99. The van der Waals surface area contributed by atoms with E-state index >= 15 is 0 Å². The van der Waals surface area contributed by atoms with Gasteiger partial charge in [-0.3, -0.25) is 0 Å². The SMILES string of the molecule is FC(F)=C(F)C(F)(F)C#CC(F)(F)F. The van der Waals surface area contributed by atoms with E-state index in [1.54, 1.807) is 0 Å². The van der Waals surface area contributed by atoms with Crippen molar-refractivity contribution in [2.45, 2.75) is 12.1 Å². The first-order chi connectivity index (χ1) is 6.06. The Hall–Kier alpha value is -1.26. The molecule has 0 unspecified atom stereocenters. The molecule has 0 atom stereocenters. The van der Waals surface area contributed by atoms with Gasteiger partial charge in [0.15, 0.2) is 0 Å². The molecule has 0 aromatic carbocycles. The van der Waals surface area contributed by atoms with Gasteiger partial charge in [0.25, 0.3) is 0 Å². The van der Waals surface area contributed by atoms with Gasteiger partial charge in [-0.25, -0.2) is 0 Å². The summed E-state index contributed by atoms with van der Waals surface area (Å²) in [5.74, 6) is -8.36. The number of rotatable bonds is 1. The van der Waals surface area contributed by atoms with Crippen LogP contribution < -0.4 is 0 Å². The summed E-state index contributed by atoms with van der Waals surface area (Å²) in [6.45, 7) is 0. The van der Waals surface area contributed by atoms with Crippen LogP contribution in [0.2, 0.25) is 0 Å². The van der Waals surface area contributed by atoms with Crippen LogP contribution in [0.3, 0.4) is 0 Å². The van der Waals surface area contributed by atoms with E-state index in [1.807, 2.05) is 0 Å². The van der Waals surface area contributed by atoms with E-state index in [0.717, 1.165) is 0 Å². The van der Waals surface area contributed by atoms with Crippen LogP contribution in [0.15, 0.2) is 11.9 Å². The minimum absolute atomic E-state index is 0.00958. The predicted molar refractivity (Wildman–Crippen MR) is 29.1 cm³/mol. The van der Waals surface area contributed by atoms with E-state index in [9.17, 15) is 35.1 Å². The summed E-state index contributed by atoms with van der Waals surface area (Å²) in [4.78, 5) is 0. The van der Waals surface area contributed by atoms with Crippen LogP contribution in [-0.4, -0.2) is 12.1 Å². The molecule has 0 amide bonds. The molecule has 0 aliphatic carbocycles. The third-order valence-electron chi connectivity index (χ3n) is 0.803. The second-order valence-electron chi connectivity index (χ2n) is 1.90. The van der Waals surface area contributed by atoms with E-state index < -0.39 is 24.0 Å². The Kier molecular flexibility index (Phi) is 3.51. The lowest BCUT2D eigenvalue weighted by molar-refractivity contribution is -0.0706. The number of hydrogen-bond acceptors (Lipinski definition) is 0. The zero-order chi connectivity index (χ0) is 11.6. The summed E-state index contributed by atoms with van der Waals surface area (Å²) < 4.78 is 91.9. The molecule has 0 rings (SSSR count). The van der Waals surface area contributed by atoms with E-state index in [4.69, 9.17) is 0 Å². The lowest BCUT2D eigenvalue weighted by Crippen LogP contribution is -2.16. The molecular weight excluding hydrogens is 224 g/mol. The molecule has 0 radical (unpaired) electrons. The number of halogens is 8. The van der Waals surface area contributed by atoms with Crippen molar-refractivity contribution in [1.29, 1.82) is 0 Å². The molecule has 80 valence electrons. The van der Waals surface area contributed by atoms with Crippen molar-refractivity contribution in [3.05, 3.63) is 11.9 Å². The first-order valence-electron chi connectivity index (χ1n) is 2.76. The second-order valence-corrected chi connectivity index (χ2v) is 1.90. The van der Waals surface area contributed by atoms with Gasteiger partial charge in [-0.15, -0.1) is 0 Å². The summed E-state index contributed by atoms with van der Waals surface area (Å²) in [7, 11) is 0. The second kappa shape index (κ2) is 3.86. The summed E-state index contributed by atoms with van der Waals surface area (Å²) in [5, 5.41) is 0. The van der Waals surface area contributed by atoms with Crippen molar-refractivity contribution in [2.75, 3.05) is 0 Å². The van der Waals surface area contributed by atoms with Crippen LogP contribution in [0.25, 0.3) is 0 Å². The number of hydrogen-bond donors (Lipinski definition) is 0. The fourth-order valence-corrected chi connectivity index (χ4v) is 0.323. The molecular formula is C6F8. The zero-order valence-corrected chi connectivity index (χ0v) is 6.02. The van der Waals surface area contributed by atoms with Gasteiger partial charge in [0.05, 0.1) is 0 Å². The van der Waals surface area contributed by atoms with Crippen molar-refractivity contribution in [3.63, 3.8) is 0 Å². The van der Waals surface area contributed by atoms with Crippen molar-refractivity contribution in [3.8, 4) is 11.8 Å². The monoisotopic (exact) mass is 224 g/mol. The number of alkyl halides is 5. The highest BCUT2D eigenvalue weighted by Gasteiger charge is 2.38. The molecule has 0 aliphatic heterocycles. The molecule has 0 fully saturated rings. The maximum atomic E-state index is 12.0. The molecule has 0 heterocycles. The first-order valence-corrected chi connectivity index (χ1v) is 2.76. The van der Waals surface area contributed by atoms with Crippen LogP contribution in [-0.2, 0) is 0 Å². The van der Waals surface area contributed by atoms with Crippen molar-refractivity contribution in [2.24, 2.45) is 0 Å². The molecule has 0 nitrogen and oxygen atoms in total. The Labute approximate surface area is 72.2 Å². The standard InChI is InChI=1S/C6F8/c7-3(4(8)9)5(10,11)1-2-6(12,13)14. The maximum Gasteiger partial charge on any atom is 0.457 e. The molecule has 0 saturated heterocycles. The predicted octanol–water partition coefficient (Wildman–Crippen LogP) is 3.27. The Morgan fingerprint density at radius 2 is 1.21 bits per heavy atom. The highest BCUT2D eigenvalue weighted by molar-refractivity contribution is 5.24. The van der Waals surface area contributed by atoms with Crippen molar-refractivity contribution >= 4 is 0 Å². The van der Waals surface area contributed by atoms with Gasteiger partial charge in [-0.05, 0) is 5.92 Å². The molecule has 0 saturated carbocycles. The average Bonchev–Trinajstić information content (AvgIpc) is 1.98. The zero-order valence-electron chi connectivity index (χ0n) is 6.02. The summed E-state index contributed by atoms with van der Waals surface area (Å²) in [6, 6.07) is 0. The minimum atomic E-state index is -5.30. The van der Waals surface area contributed by atoms with Gasteiger partial charge >= 0.3 is 18.2 Å². The summed E-state index contributed by atoms with van der Waals surface area (Å²) in [6.07, 6.45) is -8.71. The van der Waals surface area contributed by atoms with Crippen LogP contribution in [0.5, 0.6) is 0 Å². The molecule has 0 N–H and O–H groups in total. The molecule has 14 heavy (non-hydrogen) atoms. The van der Waals surface area contributed by atoms with Gasteiger partial charge in [-0.1, -0.05) is 0 Å². The molecule has 0 aromatic rings. The van der Waals surface area contributed by atoms with Crippen LogP contribution in [0, 0.1) is 11.8 Å². The fraction of sp³-hybridized carbons (Fsp3) is 0.333. The van der Waals surface area contributed by atoms with E-state index in [1.165, 1.54) is 0 Å². The molecule has 0 aromatic heterocycles. The largest absolute Gasteiger partial charge is 0.457 e. The minimum Gasteiger partial charge on any atom is -0.198 e. The van der Waals surface area contributed by atoms with E-state index in [2.05, 4.69) is 0 Å². The van der Waals surface area contributed by atoms with Gasteiger partial charge in [0, 0.05) is 5.92 Å². The van der Waals surface area contributed by atoms with Crippen molar-refractivity contribution < 1.29 is 35.1 Å². The van der Waals surface area contributed by atoms with Gasteiger partial charge in [0.2, 0.25) is 5.83 Å². The molecule has 0 bridgehead atoms. The third-order valence-corrected chi connectivity index (χ3v) is 0.803. The highest BCUT2D eigenvalue weighted by Crippen LogP contribution is 2.29. The Morgan fingerprint density at radius 3 is 1.50 bits per heavy atom. The lowest BCUT2D eigenvalue weighted by Gasteiger charge is -2.04. The van der Waals surface area contributed by atoms with Crippen LogP contribution >= 0.6 is 0 Å². The van der Waals surface area contributed by atoms with Gasteiger partial charge < -0.3 is 0 Å². The normalized spacial score (nSPS) is 11.7. The molecule has 0 spiro atoms. The van der Waals surface area contributed by atoms with Crippen molar-refractivity contribution in [1.82, 2.24) is 0 Å². The van der Waals surface area contributed by atoms with E-state index in [0.29, 0.717) is 0 Å². The Bertz CT molecular complexity index is 294. The fourth-order valence-electron chi connectivity index (χ4n) is 0.323. The summed E-state index contributed by atoms with van der Waals surface area (Å²) in [5.41, 5.74) is 0. The number of allylic oxidation sites excluding steroid dienone is 1. The molecule has 8 heteroatoms. The highest BCUT2D eigenvalue weighted by atomic mass is 19.4. The third kappa shape index (κ3) is 4.11. The summed E-state index contributed by atoms with van der Waals surface area (Å²) >= 11 is 0. The van der Waals surface area contributed by atoms with Gasteiger partial charge in [-0.2, -0.15) is 35.1 Å². The Morgan fingerprint density at radius 1 is 0.786 bits per heavy atom.